The summed E-state index contributed by atoms with van der Waals surface area (Å²) in [5.41, 5.74) is 2.52. The summed E-state index contributed by atoms with van der Waals surface area (Å²) in [6.07, 6.45) is 0. The zero-order chi connectivity index (χ0) is 20.7. The minimum Gasteiger partial charge on any atom is -0.345 e. The molecule has 0 spiro atoms. The normalized spacial score (nSPS) is 15.1. The largest absolute Gasteiger partial charge is 0.345 e. The number of likely N-dealkylation sites (N-methyl/N-ethyl adjacent to an activating group) is 1. The number of anilines is 2. The fourth-order valence-corrected chi connectivity index (χ4v) is 4.98. The van der Waals surface area contributed by atoms with Crippen molar-refractivity contribution in [1.82, 2.24) is 9.97 Å². The lowest BCUT2D eigenvalue weighted by atomic mass is 10.1. The molecule has 1 amide bonds. The fourth-order valence-electron chi connectivity index (χ4n) is 3.69. The van der Waals surface area contributed by atoms with Gasteiger partial charge in [-0.15, -0.1) is 11.3 Å². The Bertz CT molecular complexity index is 1090. The maximum absolute atomic E-state index is 13.1. The first-order chi connectivity index (χ1) is 13.8. The molecule has 0 bridgehead atoms. The first-order valence-electron chi connectivity index (χ1n) is 9.75. The summed E-state index contributed by atoms with van der Waals surface area (Å²) < 4.78 is 0. The lowest BCUT2D eigenvalue weighted by molar-refractivity contribution is -0.880. The molecule has 2 N–H and O–H groups in total. The molecule has 1 aliphatic heterocycles. The third kappa shape index (κ3) is 3.82. The molecule has 0 atom stereocenters. The number of aryl methyl sites for hydroxylation is 2. The van der Waals surface area contributed by atoms with Crippen LogP contribution in [0.4, 0.5) is 11.5 Å². The minimum absolute atomic E-state index is 0.137. The third-order valence-electron chi connectivity index (χ3n) is 5.52. The molecule has 2 aromatic heterocycles. The van der Waals surface area contributed by atoms with Gasteiger partial charge in [0.05, 0.1) is 43.5 Å². The Morgan fingerprint density at radius 1 is 1.17 bits per heavy atom. The Kier molecular flexibility index (Phi) is 5.46. The summed E-state index contributed by atoms with van der Waals surface area (Å²) in [7, 11) is 2.22. The van der Waals surface area contributed by atoms with Crippen LogP contribution in [0.5, 0.6) is 0 Å². The molecule has 6 nitrogen and oxygen atoms in total. The second-order valence-corrected chi connectivity index (χ2v) is 9.05. The highest BCUT2D eigenvalue weighted by atomic mass is 35.5. The maximum atomic E-state index is 13.1. The van der Waals surface area contributed by atoms with E-state index in [9.17, 15) is 4.79 Å². The predicted octanol–water partition coefficient (Wildman–Crippen LogP) is 2.86. The van der Waals surface area contributed by atoms with E-state index in [0.717, 1.165) is 64.9 Å². The molecular weight excluding hydrogens is 406 g/mol. The number of piperazine rings is 1. The van der Waals surface area contributed by atoms with Gasteiger partial charge in [-0.2, -0.15) is 0 Å². The van der Waals surface area contributed by atoms with Crippen molar-refractivity contribution in [3.8, 4) is 0 Å². The molecule has 0 unspecified atom stereocenters. The quantitative estimate of drug-likeness (QED) is 0.670. The lowest BCUT2D eigenvalue weighted by Crippen LogP contribution is -3.12. The van der Waals surface area contributed by atoms with Crippen LogP contribution in [-0.4, -0.2) is 49.1 Å². The van der Waals surface area contributed by atoms with Crippen molar-refractivity contribution in [2.45, 2.75) is 20.8 Å². The Hall–Kier alpha value is -2.22. The summed E-state index contributed by atoms with van der Waals surface area (Å²) in [6, 6.07) is 5.52. The molecule has 1 aliphatic rings. The minimum atomic E-state index is -0.137. The Labute approximate surface area is 179 Å². The molecule has 29 heavy (non-hydrogen) atoms. The number of thiophene rings is 1. The summed E-state index contributed by atoms with van der Waals surface area (Å²) in [6.45, 7) is 9.87. The van der Waals surface area contributed by atoms with E-state index in [-0.39, 0.29) is 5.91 Å². The maximum Gasteiger partial charge on any atom is 0.266 e. The lowest BCUT2D eigenvalue weighted by Gasteiger charge is -2.31. The van der Waals surface area contributed by atoms with Crippen LogP contribution in [0.2, 0.25) is 5.02 Å². The number of hydrogen-bond donors (Lipinski definition) is 2. The number of fused-ring (bicyclic) bond motifs is 1. The number of nitrogens with zero attached hydrogens (tertiary/aromatic N) is 3. The van der Waals surface area contributed by atoms with Crippen LogP contribution in [-0.2, 0) is 0 Å². The zero-order valence-corrected chi connectivity index (χ0v) is 18.7. The van der Waals surface area contributed by atoms with Crippen LogP contribution in [0.25, 0.3) is 10.2 Å². The molecule has 152 valence electrons. The topological polar surface area (TPSA) is 62.6 Å². The van der Waals surface area contributed by atoms with Crippen LogP contribution < -0.4 is 15.1 Å². The average Bonchev–Trinajstić information content (AvgIpc) is 3.02. The summed E-state index contributed by atoms with van der Waals surface area (Å²) in [4.78, 5) is 27.8. The van der Waals surface area contributed by atoms with Gasteiger partial charge in [0.15, 0.2) is 0 Å². The molecule has 3 heterocycles. The van der Waals surface area contributed by atoms with E-state index in [4.69, 9.17) is 16.6 Å². The van der Waals surface area contributed by atoms with E-state index in [1.807, 2.05) is 39.0 Å². The number of carbonyl (C=O) groups is 1. The highest BCUT2D eigenvalue weighted by molar-refractivity contribution is 7.20. The highest BCUT2D eigenvalue weighted by Gasteiger charge is 2.25. The monoisotopic (exact) mass is 430 g/mol. The van der Waals surface area contributed by atoms with E-state index in [1.54, 1.807) is 0 Å². The summed E-state index contributed by atoms with van der Waals surface area (Å²) in [5.74, 6) is 1.55. The van der Waals surface area contributed by atoms with E-state index < -0.39 is 0 Å². The van der Waals surface area contributed by atoms with Crippen LogP contribution in [0.15, 0.2) is 18.2 Å². The van der Waals surface area contributed by atoms with Gasteiger partial charge in [-0.3, -0.25) is 4.79 Å². The van der Waals surface area contributed by atoms with Gasteiger partial charge in [-0.1, -0.05) is 17.7 Å². The molecule has 1 fully saturated rings. The molecule has 8 heteroatoms. The standard InChI is InChI=1S/C21H24ClN5OS/c1-12-15(22)6-5-7-16(12)25-20(28)18-13(2)17-19(23-14(3)24-21(17)29-18)27-10-8-26(4)9-11-27/h5-7H,8-11H2,1-4H3,(H,25,28)/p+1. The Balaban J connectivity index is 1.73. The van der Waals surface area contributed by atoms with Gasteiger partial charge in [0, 0.05) is 10.7 Å². The summed E-state index contributed by atoms with van der Waals surface area (Å²) in [5, 5.41) is 4.64. The van der Waals surface area contributed by atoms with Crippen molar-refractivity contribution < 1.29 is 9.69 Å². The molecular formula is C21H25ClN5OS+. The number of nitrogens with one attached hydrogen (secondary N) is 2. The molecule has 1 saturated heterocycles. The van der Waals surface area contributed by atoms with Crippen molar-refractivity contribution in [3.63, 3.8) is 0 Å². The van der Waals surface area contributed by atoms with Gasteiger partial charge in [-0.25, -0.2) is 9.97 Å². The Morgan fingerprint density at radius 3 is 2.62 bits per heavy atom. The van der Waals surface area contributed by atoms with Crippen LogP contribution in [0, 0.1) is 20.8 Å². The number of amides is 1. The smallest absolute Gasteiger partial charge is 0.266 e. The molecule has 0 radical (unpaired) electrons. The van der Waals surface area contributed by atoms with Crippen LogP contribution >= 0.6 is 22.9 Å². The van der Waals surface area contributed by atoms with Gasteiger partial charge in [0.1, 0.15) is 16.5 Å². The van der Waals surface area contributed by atoms with Crippen molar-refractivity contribution in [2.24, 2.45) is 0 Å². The zero-order valence-electron chi connectivity index (χ0n) is 17.1. The van der Waals surface area contributed by atoms with Crippen LogP contribution in [0.1, 0.15) is 26.6 Å². The van der Waals surface area contributed by atoms with Crippen molar-refractivity contribution in [3.05, 3.63) is 45.1 Å². The first kappa shape index (κ1) is 20.1. The molecule has 0 saturated carbocycles. The van der Waals surface area contributed by atoms with Crippen molar-refractivity contribution >= 4 is 50.6 Å². The van der Waals surface area contributed by atoms with E-state index in [2.05, 4.69) is 22.2 Å². The SMILES string of the molecule is Cc1nc(N2CC[NH+](C)CC2)c2c(C)c(C(=O)Nc3cccc(Cl)c3C)sc2n1. The first-order valence-corrected chi connectivity index (χ1v) is 10.9. The number of halogens is 1. The number of benzene rings is 1. The number of rotatable bonds is 3. The highest BCUT2D eigenvalue weighted by Crippen LogP contribution is 2.36. The van der Waals surface area contributed by atoms with E-state index >= 15 is 0 Å². The van der Waals surface area contributed by atoms with Gasteiger partial charge in [0.25, 0.3) is 5.91 Å². The number of quaternary nitrogens is 1. The second kappa shape index (κ2) is 7.89. The van der Waals surface area contributed by atoms with Crippen LogP contribution in [0.3, 0.4) is 0 Å². The van der Waals surface area contributed by atoms with E-state index in [1.165, 1.54) is 16.2 Å². The number of carbonyl (C=O) groups excluding carboxylic acids is 1. The van der Waals surface area contributed by atoms with E-state index in [0.29, 0.717) is 9.90 Å². The second-order valence-electron chi connectivity index (χ2n) is 7.64. The van der Waals surface area contributed by atoms with Gasteiger partial charge < -0.3 is 15.1 Å². The third-order valence-corrected chi connectivity index (χ3v) is 7.12. The molecule has 3 aromatic rings. The predicted molar refractivity (Wildman–Crippen MR) is 120 cm³/mol. The van der Waals surface area contributed by atoms with Gasteiger partial charge in [-0.05, 0) is 44.0 Å². The average molecular weight is 431 g/mol. The number of aromatic nitrogens is 2. The summed E-state index contributed by atoms with van der Waals surface area (Å²) >= 11 is 7.63. The molecule has 4 rings (SSSR count). The van der Waals surface area contributed by atoms with Gasteiger partial charge >= 0.3 is 0 Å². The van der Waals surface area contributed by atoms with Crippen molar-refractivity contribution in [2.75, 3.05) is 43.4 Å². The molecule has 0 aliphatic carbocycles. The Morgan fingerprint density at radius 2 is 1.90 bits per heavy atom. The fraction of sp³-hybridized carbons (Fsp3) is 0.381. The number of hydrogen-bond acceptors (Lipinski definition) is 5. The van der Waals surface area contributed by atoms with Crippen molar-refractivity contribution in [1.29, 1.82) is 0 Å². The van der Waals surface area contributed by atoms with Gasteiger partial charge in [0.2, 0.25) is 0 Å². The molecule has 1 aromatic carbocycles.